The Morgan fingerprint density at radius 3 is 2.21 bits per heavy atom. The third-order valence-corrected chi connectivity index (χ3v) is 9.51. The molecule has 0 nitrogen and oxygen atoms in total. The molecule has 1 heterocycles. The molecule has 0 amide bonds. The quantitative estimate of drug-likeness (QED) is 0.417. The minimum Gasteiger partial charge on any atom is -1.00 e. The van der Waals surface area contributed by atoms with Crippen LogP contribution >= 0.6 is 0 Å². The maximum atomic E-state index is 3.45. The van der Waals surface area contributed by atoms with Crippen LogP contribution in [0.25, 0.3) is 0 Å². The molecule has 0 saturated carbocycles. The summed E-state index contributed by atoms with van der Waals surface area (Å²) >= 11 is 0. The van der Waals surface area contributed by atoms with Crippen molar-refractivity contribution in [2.45, 2.75) is 44.3 Å². The molecular weight excluding hydrogens is 327 g/mol. The van der Waals surface area contributed by atoms with Gasteiger partial charge in [-0.25, -0.2) is 24.3 Å². The molecule has 0 aromatic heterocycles. The van der Waals surface area contributed by atoms with Crippen molar-refractivity contribution >= 4 is 8.07 Å². The summed E-state index contributed by atoms with van der Waals surface area (Å²) in [6, 6.07) is 4.55. The van der Waals surface area contributed by atoms with E-state index in [1.54, 1.807) is 17.3 Å². The molecular formula is C15H20Cl2SiTi. The predicted octanol–water partition coefficient (Wildman–Crippen LogP) is -1.60. The van der Waals surface area contributed by atoms with Gasteiger partial charge >= 0.3 is 21.7 Å². The molecule has 1 saturated heterocycles. The van der Waals surface area contributed by atoms with E-state index in [0.717, 1.165) is 6.42 Å². The first-order valence-electron chi connectivity index (χ1n) is 6.37. The van der Waals surface area contributed by atoms with Crippen LogP contribution in [0.2, 0.25) is 18.1 Å². The largest absolute Gasteiger partial charge is 4.00 e. The van der Waals surface area contributed by atoms with Crippen LogP contribution in [0.4, 0.5) is 0 Å². The summed E-state index contributed by atoms with van der Waals surface area (Å²) in [5.41, 5.74) is 0. The molecule has 0 spiro atoms. The van der Waals surface area contributed by atoms with Gasteiger partial charge in [0.2, 0.25) is 0 Å². The van der Waals surface area contributed by atoms with E-state index in [1.807, 2.05) is 12.2 Å². The molecule has 3 aliphatic rings. The van der Waals surface area contributed by atoms with Gasteiger partial charge in [-0.05, 0) is 0 Å². The van der Waals surface area contributed by atoms with Gasteiger partial charge in [-0.15, -0.1) is 12.8 Å². The van der Waals surface area contributed by atoms with E-state index < -0.39 is 8.07 Å². The molecule has 0 aromatic carbocycles. The van der Waals surface area contributed by atoms with E-state index in [9.17, 15) is 0 Å². The Morgan fingerprint density at radius 1 is 1.21 bits per heavy atom. The third-order valence-electron chi connectivity index (χ3n) is 3.91. The third kappa shape index (κ3) is 5.77. The summed E-state index contributed by atoms with van der Waals surface area (Å²) in [5, 5.41) is 1.71. The van der Waals surface area contributed by atoms with Crippen LogP contribution in [-0.4, -0.2) is 8.07 Å². The molecule has 102 valence electrons. The minimum absolute atomic E-state index is 0. The van der Waals surface area contributed by atoms with E-state index in [0.29, 0.717) is 0 Å². The van der Waals surface area contributed by atoms with Gasteiger partial charge in [0.25, 0.3) is 0 Å². The van der Waals surface area contributed by atoms with E-state index in [1.165, 1.54) is 18.9 Å². The van der Waals surface area contributed by atoms with E-state index in [4.69, 9.17) is 0 Å². The molecule has 1 aliphatic heterocycles. The van der Waals surface area contributed by atoms with Crippen LogP contribution in [0.1, 0.15) is 26.2 Å². The van der Waals surface area contributed by atoms with Crippen molar-refractivity contribution in [3.63, 3.8) is 0 Å². The first-order valence-corrected chi connectivity index (χ1v) is 8.99. The van der Waals surface area contributed by atoms with Crippen molar-refractivity contribution in [1.82, 2.24) is 0 Å². The Labute approximate surface area is 146 Å². The van der Waals surface area contributed by atoms with Gasteiger partial charge in [-0.2, -0.15) is 11.3 Å². The Kier molecular flexibility index (Phi) is 12.8. The molecule has 0 unspecified atom stereocenters. The zero-order valence-corrected chi connectivity index (χ0v) is 15.5. The summed E-state index contributed by atoms with van der Waals surface area (Å²) in [5.74, 6) is 0. The molecule has 0 radical (unpaired) electrons. The number of hydrogen-bond donors (Lipinski definition) is 0. The summed E-state index contributed by atoms with van der Waals surface area (Å²) in [6.07, 6.45) is 20.6. The maximum absolute atomic E-state index is 3.45. The van der Waals surface area contributed by atoms with Crippen molar-refractivity contribution in [3.8, 4) is 0 Å². The second-order valence-electron chi connectivity index (χ2n) is 4.72. The molecule has 19 heavy (non-hydrogen) atoms. The summed E-state index contributed by atoms with van der Waals surface area (Å²) < 4.78 is 0. The van der Waals surface area contributed by atoms with Crippen molar-refractivity contribution in [2.24, 2.45) is 0 Å². The fourth-order valence-electron chi connectivity index (χ4n) is 2.58. The van der Waals surface area contributed by atoms with Crippen LogP contribution in [0.5, 0.6) is 0 Å². The zero-order chi connectivity index (χ0) is 11.3. The second-order valence-corrected chi connectivity index (χ2v) is 9.59. The number of halogens is 2. The van der Waals surface area contributed by atoms with Gasteiger partial charge in [0.1, 0.15) is 0 Å². The molecule has 0 N–H and O–H groups in total. The molecule has 2 aliphatic carbocycles. The molecule has 0 atom stereocenters. The first kappa shape index (κ1) is 21.8. The minimum atomic E-state index is -0.841. The van der Waals surface area contributed by atoms with Crippen molar-refractivity contribution in [2.75, 3.05) is 0 Å². The van der Waals surface area contributed by atoms with Crippen LogP contribution in [0.3, 0.4) is 0 Å². The monoisotopic (exact) mass is 346 g/mol. The molecule has 4 heteroatoms. The maximum Gasteiger partial charge on any atom is 4.00 e. The van der Waals surface area contributed by atoms with E-state index in [2.05, 4.69) is 37.3 Å². The average molecular weight is 347 g/mol. The van der Waals surface area contributed by atoms with E-state index in [-0.39, 0.29) is 46.5 Å². The van der Waals surface area contributed by atoms with Gasteiger partial charge in [-0.1, -0.05) is 31.5 Å². The summed E-state index contributed by atoms with van der Waals surface area (Å²) in [7, 11) is -0.841. The van der Waals surface area contributed by atoms with Crippen LogP contribution < -0.4 is 24.8 Å². The zero-order valence-electron chi connectivity index (χ0n) is 11.4. The Hall–Kier alpha value is 0.471. The molecule has 0 aromatic rings. The second kappa shape index (κ2) is 11.2. The Bertz CT molecular complexity index is 340. The smallest absolute Gasteiger partial charge is 1.00 e. The Morgan fingerprint density at radius 2 is 1.95 bits per heavy atom. The topological polar surface area (TPSA) is 0 Å². The first-order chi connectivity index (χ1) is 7.87. The SMILES string of the molecule is CC[Si]1(C2=[C-]C=CC2)CCC1.[C-]1=CC=CC1.[Cl-].[Cl-].[Ti+4]. The fourth-order valence-corrected chi connectivity index (χ4v) is 6.46. The normalized spacial score (nSPS) is 19.9. The van der Waals surface area contributed by atoms with Gasteiger partial charge in [-0.3, -0.25) is 12.2 Å². The van der Waals surface area contributed by atoms with Crippen molar-refractivity contribution < 1.29 is 46.5 Å². The average Bonchev–Trinajstić information content (AvgIpc) is 2.93. The van der Waals surface area contributed by atoms with Gasteiger partial charge in [0.05, 0.1) is 8.07 Å². The number of hydrogen-bond acceptors (Lipinski definition) is 0. The van der Waals surface area contributed by atoms with Gasteiger partial charge in [0.15, 0.2) is 0 Å². The standard InChI is InChI=1S/C10H15Si.C5H5.2ClH.Ti/c1-2-11(8-5-9-11)10-6-3-4-7-10;1-2-4-5-3-1;;;/h3-4H,2,5-6,8-9H2,1H3;1-3H,4H2;2*1H;/q2*-1;;;+4/p-2. The number of rotatable bonds is 2. The molecule has 1 fully saturated rings. The van der Waals surface area contributed by atoms with Crippen LogP contribution in [-0.2, 0) is 21.7 Å². The Balaban J connectivity index is 0. The fraction of sp³-hybridized carbons (Fsp3) is 0.467. The summed E-state index contributed by atoms with van der Waals surface area (Å²) in [4.78, 5) is 0. The molecule has 3 rings (SSSR count). The predicted molar refractivity (Wildman–Crippen MR) is 72.5 cm³/mol. The van der Waals surface area contributed by atoms with E-state index >= 15 is 0 Å². The molecule has 0 bridgehead atoms. The van der Waals surface area contributed by atoms with Crippen LogP contribution in [0.15, 0.2) is 35.6 Å². The number of allylic oxidation sites excluding steroid dienone is 8. The summed E-state index contributed by atoms with van der Waals surface area (Å²) in [6.45, 7) is 2.37. The van der Waals surface area contributed by atoms with Gasteiger partial charge < -0.3 is 24.8 Å². The van der Waals surface area contributed by atoms with Crippen molar-refractivity contribution in [1.29, 1.82) is 0 Å². The van der Waals surface area contributed by atoms with Crippen LogP contribution in [0, 0.1) is 12.2 Å². The van der Waals surface area contributed by atoms with Gasteiger partial charge in [0, 0.05) is 0 Å². The van der Waals surface area contributed by atoms with Crippen molar-refractivity contribution in [3.05, 3.63) is 47.7 Å².